The summed E-state index contributed by atoms with van der Waals surface area (Å²) in [6, 6.07) is 0. The Morgan fingerprint density at radius 3 is 2.69 bits per heavy atom. The molecule has 16 heavy (non-hydrogen) atoms. The predicted molar refractivity (Wildman–Crippen MR) is 63.0 cm³/mol. The molecule has 90 valence electrons. The molecule has 0 bridgehead atoms. The lowest BCUT2D eigenvalue weighted by Crippen LogP contribution is -2.22. The Labute approximate surface area is 94.9 Å². The summed E-state index contributed by atoms with van der Waals surface area (Å²) in [6.45, 7) is 5.83. The summed E-state index contributed by atoms with van der Waals surface area (Å²) in [5, 5.41) is 9.91. The number of aliphatic hydroxyl groups excluding tert-OH is 1. The van der Waals surface area contributed by atoms with Gasteiger partial charge in [0.25, 0.3) is 5.56 Å². The van der Waals surface area contributed by atoms with Crippen molar-refractivity contribution in [2.24, 2.45) is 5.92 Å². The average Bonchev–Trinajstić information content (AvgIpc) is 2.20. The highest BCUT2D eigenvalue weighted by Gasteiger charge is 2.11. The van der Waals surface area contributed by atoms with E-state index in [1.165, 1.54) is 4.57 Å². The van der Waals surface area contributed by atoms with Crippen LogP contribution in [0.5, 0.6) is 0 Å². The summed E-state index contributed by atoms with van der Waals surface area (Å²) in [7, 11) is 0. The minimum absolute atomic E-state index is 0.0619. The first-order valence-electron chi connectivity index (χ1n) is 5.45. The van der Waals surface area contributed by atoms with Crippen molar-refractivity contribution in [3.63, 3.8) is 0 Å². The number of rotatable bonds is 4. The molecule has 1 aromatic heterocycles. The summed E-state index contributed by atoms with van der Waals surface area (Å²) < 4.78 is 1.44. The van der Waals surface area contributed by atoms with Crippen molar-refractivity contribution in [1.82, 2.24) is 9.55 Å². The SMILES string of the molecule is Cc1cn([C@@H](O)CCC(C)C)c(N)nc1=O. The van der Waals surface area contributed by atoms with Crippen molar-refractivity contribution in [2.45, 2.75) is 39.8 Å². The molecule has 0 aromatic carbocycles. The Morgan fingerprint density at radius 2 is 2.12 bits per heavy atom. The number of aliphatic hydroxyl groups is 1. The standard InChI is InChI=1S/C11H19N3O2/c1-7(2)4-5-9(15)14-6-8(3)10(16)13-11(14)12/h6-7,9,15H,4-5H2,1-3H3,(H2,12,13,16)/t9-/m0/s1. The van der Waals surface area contributed by atoms with Crippen LogP contribution in [0.2, 0.25) is 0 Å². The second kappa shape index (κ2) is 5.12. The largest absolute Gasteiger partial charge is 0.373 e. The second-order valence-corrected chi connectivity index (χ2v) is 4.45. The van der Waals surface area contributed by atoms with Gasteiger partial charge in [-0.2, -0.15) is 4.98 Å². The number of hydrogen-bond acceptors (Lipinski definition) is 4. The van der Waals surface area contributed by atoms with Gasteiger partial charge in [0, 0.05) is 11.8 Å². The van der Waals surface area contributed by atoms with Crippen LogP contribution in [0.15, 0.2) is 11.0 Å². The molecule has 0 amide bonds. The third-order valence-electron chi connectivity index (χ3n) is 2.47. The Bertz CT molecular complexity index is 412. The fourth-order valence-electron chi connectivity index (χ4n) is 1.44. The van der Waals surface area contributed by atoms with Gasteiger partial charge in [-0.1, -0.05) is 13.8 Å². The molecule has 0 saturated carbocycles. The molecule has 5 heteroatoms. The number of aryl methyl sites for hydroxylation is 1. The predicted octanol–water partition coefficient (Wildman–Crippen LogP) is 1.06. The molecule has 0 aliphatic carbocycles. The lowest BCUT2D eigenvalue weighted by molar-refractivity contribution is 0.0887. The normalized spacial score (nSPS) is 13.1. The van der Waals surface area contributed by atoms with E-state index in [1.807, 2.05) is 0 Å². The number of nitrogen functional groups attached to an aromatic ring is 1. The van der Waals surface area contributed by atoms with Crippen molar-refractivity contribution in [3.05, 3.63) is 22.1 Å². The van der Waals surface area contributed by atoms with Crippen LogP contribution >= 0.6 is 0 Å². The van der Waals surface area contributed by atoms with Gasteiger partial charge in [0.05, 0.1) is 0 Å². The first-order valence-corrected chi connectivity index (χ1v) is 5.45. The Morgan fingerprint density at radius 1 is 1.50 bits per heavy atom. The minimum atomic E-state index is -0.714. The summed E-state index contributed by atoms with van der Waals surface area (Å²) in [5.74, 6) is 0.580. The molecule has 0 aliphatic heterocycles. The van der Waals surface area contributed by atoms with Crippen LogP contribution in [0.4, 0.5) is 5.95 Å². The minimum Gasteiger partial charge on any atom is -0.373 e. The number of hydrogen-bond donors (Lipinski definition) is 2. The molecule has 1 aromatic rings. The fourth-order valence-corrected chi connectivity index (χ4v) is 1.44. The van der Waals surface area contributed by atoms with E-state index in [9.17, 15) is 9.90 Å². The Balaban J connectivity index is 2.87. The molecular weight excluding hydrogens is 206 g/mol. The van der Waals surface area contributed by atoms with Gasteiger partial charge >= 0.3 is 0 Å². The Kier molecular flexibility index (Phi) is 4.06. The van der Waals surface area contributed by atoms with E-state index < -0.39 is 6.23 Å². The fraction of sp³-hybridized carbons (Fsp3) is 0.636. The lowest BCUT2D eigenvalue weighted by Gasteiger charge is -2.17. The van der Waals surface area contributed by atoms with Gasteiger partial charge in [-0.05, 0) is 25.7 Å². The van der Waals surface area contributed by atoms with Crippen LogP contribution in [-0.2, 0) is 0 Å². The van der Waals surface area contributed by atoms with Crippen molar-refractivity contribution in [2.75, 3.05) is 5.73 Å². The summed E-state index contributed by atoms with van der Waals surface area (Å²) >= 11 is 0. The van der Waals surface area contributed by atoms with Crippen LogP contribution in [0.3, 0.4) is 0 Å². The zero-order valence-electron chi connectivity index (χ0n) is 9.97. The molecule has 0 saturated heterocycles. The average molecular weight is 225 g/mol. The molecule has 1 rings (SSSR count). The third-order valence-corrected chi connectivity index (χ3v) is 2.47. The second-order valence-electron chi connectivity index (χ2n) is 4.45. The maximum absolute atomic E-state index is 11.2. The lowest BCUT2D eigenvalue weighted by atomic mass is 10.1. The molecule has 3 N–H and O–H groups in total. The summed E-state index contributed by atoms with van der Waals surface area (Å²) in [5.41, 5.74) is 5.73. The highest BCUT2D eigenvalue weighted by molar-refractivity contribution is 5.20. The van der Waals surface area contributed by atoms with Gasteiger partial charge in [0.2, 0.25) is 5.95 Å². The molecule has 0 aliphatic rings. The zero-order valence-corrected chi connectivity index (χ0v) is 9.97. The monoisotopic (exact) mass is 225 g/mol. The number of nitrogens with two attached hydrogens (primary N) is 1. The van der Waals surface area contributed by atoms with E-state index in [-0.39, 0.29) is 11.5 Å². The van der Waals surface area contributed by atoms with Crippen molar-refractivity contribution in [1.29, 1.82) is 0 Å². The maximum atomic E-state index is 11.2. The number of aromatic nitrogens is 2. The van der Waals surface area contributed by atoms with E-state index in [0.29, 0.717) is 17.9 Å². The van der Waals surface area contributed by atoms with Gasteiger partial charge in [0.1, 0.15) is 6.23 Å². The highest BCUT2D eigenvalue weighted by Crippen LogP contribution is 2.16. The van der Waals surface area contributed by atoms with Gasteiger partial charge in [-0.15, -0.1) is 0 Å². The molecule has 0 radical (unpaired) electrons. The van der Waals surface area contributed by atoms with Crippen LogP contribution in [0.25, 0.3) is 0 Å². The van der Waals surface area contributed by atoms with E-state index in [2.05, 4.69) is 18.8 Å². The maximum Gasteiger partial charge on any atom is 0.277 e. The summed E-state index contributed by atoms with van der Waals surface area (Å²) in [6.07, 6.45) is 2.34. The van der Waals surface area contributed by atoms with Crippen LogP contribution in [-0.4, -0.2) is 14.7 Å². The smallest absolute Gasteiger partial charge is 0.277 e. The Hall–Kier alpha value is -1.36. The van der Waals surface area contributed by atoms with E-state index >= 15 is 0 Å². The highest BCUT2D eigenvalue weighted by atomic mass is 16.3. The van der Waals surface area contributed by atoms with Crippen molar-refractivity contribution in [3.8, 4) is 0 Å². The van der Waals surface area contributed by atoms with Crippen molar-refractivity contribution >= 4 is 5.95 Å². The van der Waals surface area contributed by atoms with Gasteiger partial charge in [-0.25, -0.2) is 0 Å². The molecular formula is C11H19N3O2. The first-order chi connectivity index (χ1) is 7.41. The topological polar surface area (TPSA) is 81.1 Å². The van der Waals surface area contributed by atoms with Crippen molar-refractivity contribution < 1.29 is 5.11 Å². The molecule has 0 spiro atoms. The van der Waals surface area contributed by atoms with Crippen LogP contribution < -0.4 is 11.3 Å². The van der Waals surface area contributed by atoms with Crippen LogP contribution in [0.1, 0.15) is 38.5 Å². The first kappa shape index (κ1) is 12.7. The third kappa shape index (κ3) is 3.06. The number of anilines is 1. The van der Waals surface area contributed by atoms with Crippen LogP contribution in [0, 0.1) is 12.8 Å². The molecule has 1 atom stereocenters. The van der Waals surface area contributed by atoms with Gasteiger partial charge < -0.3 is 10.8 Å². The van der Waals surface area contributed by atoms with Gasteiger partial charge in [0.15, 0.2) is 0 Å². The van der Waals surface area contributed by atoms with E-state index in [0.717, 1.165) is 6.42 Å². The van der Waals surface area contributed by atoms with E-state index in [4.69, 9.17) is 5.73 Å². The van der Waals surface area contributed by atoms with E-state index in [1.54, 1.807) is 13.1 Å². The quantitative estimate of drug-likeness (QED) is 0.802. The van der Waals surface area contributed by atoms with Gasteiger partial charge in [-0.3, -0.25) is 9.36 Å². The summed E-state index contributed by atoms with van der Waals surface area (Å²) in [4.78, 5) is 14.8. The zero-order chi connectivity index (χ0) is 12.3. The molecule has 0 fully saturated rings. The molecule has 1 heterocycles. The molecule has 5 nitrogen and oxygen atoms in total. The molecule has 0 unspecified atom stereocenters. The number of nitrogens with zero attached hydrogens (tertiary/aromatic N) is 2.